The van der Waals surface area contributed by atoms with Crippen LogP contribution < -0.4 is 20.9 Å². The van der Waals surface area contributed by atoms with E-state index in [4.69, 9.17) is 16.2 Å². The molecule has 1 aromatic carbocycles. The van der Waals surface area contributed by atoms with E-state index in [1.807, 2.05) is 0 Å². The van der Waals surface area contributed by atoms with E-state index in [2.05, 4.69) is 4.72 Å². The Morgan fingerprint density at radius 3 is 2.65 bits per heavy atom. The predicted octanol–water partition coefficient (Wildman–Crippen LogP) is 0.211. The van der Waals surface area contributed by atoms with E-state index in [1.54, 1.807) is 0 Å². The fraction of sp³-hybridized carbons (Fsp3) is 0.417. The van der Waals surface area contributed by atoms with Crippen LogP contribution in [0.15, 0.2) is 23.1 Å². The molecule has 0 aliphatic heterocycles. The minimum Gasteiger partial charge on any atom is -0.495 e. The second-order valence-corrected chi connectivity index (χ2v) is 5.99. The van der Waals surface area contributed by atoms with Gasteiger partial charge in [0, 0.05) is 19.0 Å². The summed E-state index contributed by atoms with van der Waals surface area (Å²) < 4.78 is 31.4. The molecule has 0 bridgehead atoms. The first-order chi connectivity index (χ1) is 9.36. The number of rotatable bonds is 8. The van der Waals surface area contributed by atoms with Gasteiger partial charge in [0.25, 0.3) is 0 Å². The Bertz CT molecular complexity index is 572. The van der Waals surface area contributed by atoms with E-state index in [-0.39, 0.29) is 17.9 Å². The van der Waals surface area contributed by atoms with E-state index >= 15 is 0 Å². The van der Waals surface area contributed by atoms with Gasteiger partial charge in [-0.15, -0.1) is 0 Å². The second-order valence-electron chi connectivity index (χ2n) is 4.22. The number of benzene rings is 1. The Balaban J connectivity index is 2.62. The van der Waals surface area contributed by atoms with Gasteiger partial charge in [0.05, 0.1) is 17.7 Å². The number of amides is 1. The molecule has 0 aromatic heterocycles. The average molecular weight is 301 g/mol. The van der Waals surface area contributed by atoms with Crippen LogP contribution in [0.25, 0.3) is 0 Å². The van der Waals surface area contributed by atoms with Crippen LogP contribution in [0.2, 0.25) is 0 Å². The summed E-state index contributed by atoms with van der Waals surface area (Å²) in [4.78, 5) is 10.6. The van der Waals surface area contributed by atoms with Gasteiger partial charge in [-0.2, -0.15) is 0 Å². The molecule has 0 aliphatic carbocycles. The number of nitrogens with one attached hydrogen (secondary N) is 1. The molecule has 0 aliphatic rings. The first-order valence-corrected chi connectivity index (χ1v) is 7.56. The minimum atomic E-state index is -3.61. The quantitative estimate of drug-likeness (QED) is 0.467. The zero-order valence-corrected chi connectivity index (χ0v) is 12.1. The third-order valence-corrected chi connectivity index (χ3v) is 4.12. The van der Waals surface area contributed by atoms with Crippen molar-refractivity contribution >= 4 is 21.6 Å². The summed E-state index contributed by atoms with van der Waals surface area (Å²) in [5.41, 5.74) is 11.0. The summed E-state index contributed by atoms with van der Waals surface area (Å²) >= 11 is 0. The molecule has 112 valence electrons. The van der Waals surface area contributed by atoms with Crippen LogP contribution in [0.1, 0.15) is 19.3 Å². The van der Waals surface area contributed by atoms with Crippen molar-refractivity contribution in [1.29, 1.82) is 0 Å². The highest BCUT2D eigenvalue weighted by Crippen LogP contribution is 2.24. The number of primary amides is 1. The molecule has 0 saturated heterocycles. The summed E-state index contributed by atoms with van der Waals surface area (Å²) in [6, 6.07) is 4.24. The number of carbonyl (C=O) groups is 1. The van der Waals surface area contributed by atoms with Crippen molar-refractivity contribution in [3.05, 3.63) is 18.2 Å². The zero-order chi connectivity index (χ0) is 15.2. The summed E-state index contributed by atoms with van der Waals surface area (Å²) in [5, 5.41) is 0. The maximum Gasteiger partial charge on any atom is 0.240 e. The molecule has 0 fully saturated rings. The molecule has 0 unspecified atom stereocenters. The highest BCUT2D eigenvalue weighted by atomic mass is 32.2. The van der Waals surface area contributed by atoms with Gasteiger partial charge in [-0.05, 0) is 25.0 Å². The zero-order valence-electron chi connectivity index (χ0n) is 11.3. The highest BCUT2D eigenvalue weighted by Gasteiger charge is 2.15. The van der Waals surface area contributed by atoms with Gasteiger partial charge in [0.15, 0.2) is 0 Å². The number of anilines is 1. The van der Waals surface area contributed by atoms with Crippen molar-refractivity contribution < 1.29 is 17.9 Å². The smallest absolute Gasteiger partial charge is 0.240 e. The molecule has 0 saturated carbocycles. The third-order valence-electron chi connectivity index (χ3n) is 2.66. The normalized spacial score (nSPS) is 11.2. The van der Waals surface area contributed by atoms with Crippen LogP contribution in [0.3, 0.4) is 0 Å². The molecule has 1 aromatic rings. The second kappa shape index (κ2) is 7.11. The first-order valence-electron chi connectivity index (χ1n) is 6.08. The maximum atomic E-state index is 12.0. The Morgan fingerprint density at radius 1 is 1.35 bits per heavy atom. The lowest BCUT2D eigenvalue weighted by Crippen LogP contribution is -2.25. The fourth-order valence-electron chi connectivity index (χ4n) is 1.57. The number of unbranched alkanes of at least 4 members (excludes halogenated alkanes) is 1. The van der Waals surface area contributed by atoms with E-state index in [0.29, 0.717) is 24.3 Å². The lowest BCUT2D eigenvalue weighted by molar-refractivity contribution is -0.118. The van der Waals surface area contributed by atoms with Crippen molar-refractivity contribution in [2.24, 2.45) is 5.73 Å². The first kappa shape index (κ1) is 16.3. The Labute approximate surface area is 118 Å². The standard InChI is InChI=1S/C12H19N3O4S/c1-19-11-8-9(5-6-10(11)13)20(17,18)15-7-3-2-4-12(14)16/h5-6,8,15H,2-4,7,13H2,1H3,(H2,14,16). The van der Waals surface area contributed by atoms with Crippen LogP contribution in [0, 0.1) is 0 Å². The number of hydrogen-bond acceptors (Lipinski definition) is 5. The third kappa shape index (κ3) is 4.71. The van der Waals surface area contributed by atoms with E-state index in [1.165, 1.54) is 25.3 Å². The van der Waals surface area contributed by atoms with Crippen molar-refractivity contribution in [3.8, 4) is 5.75 Å². The van der Waals surface area contributed by atoms with Gasteiger partial charge >= 0.3 is 0 Å². The monoisotopic (exact) mass is 301 g/mol. The summed E-state index contributed by atoms with van der Waals surface area (Å²) in [5.74, 6) is -0.0854. The number of methoxy groups -OCH3 is 1. The molecule has 1 amide bonds. The molecule has 1 rings (SSSR count). The van der Waals surface area contributed by atoms with Crippen LogP contribution in [0.4, 0.5) is 5.69 Å². The summed E-state index contributed by atoms with van der Waals surface area (Å²) in [7, 11) is -2.20. The molecule has 0 spiro atoms. The van der Waals surface area contributed by atoms with Crippen molar-refractivity contribution in [2.45, 2.75) is 24.2 Å². The molecule has 0 radical (unpaired) electrons. The number of hydrogen-bond donors (Lipinski definition) is 3. The van der Waals surface area contributed by atoms with Gasteiger partial charge in [-0.3, -0.25) is 4.79 Å². The Morgan fingerprint density at radius 2 is 2.05 bits per heavy atom. The van der Waals surface area contributed by atoms with Gasteiger partial charge in [-0.25, -0.2) is 13.1 Å². The van der Waals surface area contributed by atoms with Gasteiger partial charge < -0.3 is 16.2 Å². The Kier molecular flexibility index (Phi) is 5.78. The molecule has 20 heavy (non-hydrogen) atoms. The molecule has 7 nitrogen and oxygen atoms in total. The average Bonchev–Trinajstić information content (AvgIpc) is 2.38. The number of ether oxygens (including phenoxy) is 1. The summed E-state index contributed by atoms with van der Waals surface area (Å²) in [6.07, 6.45) is 1.33. The number of sulfonamides is 1. The van der Waals surface area contributed by atoms with E-state index in [0.717, 1.165) is 0 Å². The lowest BCUT2D eigenvalue weighted by Gasteiger charge is -2.09. The number of carbonyl (C=O) groups excluding carboxylic acids is 1. The molecule has 5 N–H and O–H groups in total. The lowest BCUT2D eigenvalue weighted by atomic mass is 10.2. The van der Waals surface area contributed by atoms with Gasteiger partial charge in [0.2, 0.25) is 15.9 Å². The molecular formula is C12H19N3O4S. The number of nitrogens with two attached hydrogens (primary N) is 2. The van der Waals surface area contributed by atoms with Gasteiger partial charge in [-0.1, -0.05) is 0 Å². The Hall–Kier alpha value is -1.80. The van der Waals surface area contributed by atoms with Crippen molar-refractivity contribution in [2.75, 3.05) is 19.4 Å². The van der Waals surface area contributed by atoms with E-state index < -0.39 is 15.9 Å². The molecule has 8 heteroatoms. The SMILES string of the molecule is COc1cc(S(=O)(=O)NCCCCC(N)=O)ccc1N. The largest absolute Gasteiger partial charge is 0.495 e. The number of nitrogen functional groups attached to an aromatic ring is 1. The van der Waals surface area contributed by atoms with Crippen LogP contribution >= 0.6 is 0 Å². The maximum absolute atomic E-state index is 12.0. The molecule has 0 atom stereocenters. The van der Waals surface area contributed by atoms with Crippen molar-refractivity contribution in [1.82, 2.24) is 4.72 Å². The fourth-order valence-corrected chi connectivity index (χ4v) is 2.66. The van der Waals surface area contributed by atoms with Gasteiger partial charge in [0.1, 0.15) is 5.75 Å². The highest BCUT2D eigenvalue weighted by molar-refractivity contribution is 7.89. The predicted molar refractivity (Wildman–Crippen MR) is 75.6 cm³/mol. The minimum absolute atomic E-state index is 0.0819. The molecule has 0 heterocycles. The van der Waals surface area contributed by atoms with Crippen LogP contribution in [-0.2, 0) is 14.8 Å². The topological polar surface area (TPSA) is 125 Å². The van der Waals surface area contributed by atoms with Crippen molar-refractivity contribution in [3.63, 3.8) is 0 Å². The van der Waals surface area contributed by atoms with Crippen LogP contribution in [0.5, 0.6) is 5.75 Å². The summed E-state index contributed by atoms with van der Waals surface area (Å²) in [6.45, 7) is 0.238. The van der Waals surface area contributed by atoms with E-state index in [9.17, 15) is 13.2 Å². The van der Waals surface area contributed by atoms with Crippen LogP contribution in [-0.4, -0.2) is 28.0 Å². The molecular weight excluding hydrogens is 282 g/mol.